The topological polar surface area (TPSA) is 56.6 Å². The van der Waals surface area contributed by atoms with E-state index in [4.69, 9.17) is 14.6 Å². The number of amides is 1. The lowest BCUT2D eigenvalue weighted by Crippen LogP contribution is -2.43. The van der Waals surface area contributed by atoms with Crippen molar-refractivity contribution in [3.8, 4) is 28.4 Å². The smallest absolute Gasteiger partial charge is 0.274 e. The van der Waals surface area contributed by atoms with Crippen molar-refractivity contribution in [2.45, 2.75) is 77.9 Å². The van der Waals surface area contributed by atoms with Crippen molar-refractivity contribution in [1.29, 1.82) is 0 Å². The van der Waals surface area contributed by atoms with Gasteiger partial charge < -0.3 is 14.4 Å². The van der Waals surface area contributed by atoms with Crippen LogP contribution in [0.5, 0.6) is 11.5 Å². The molecule has 2 aliphatic rings. The molecule has 1 heterocycles. The molecule has 1 aromatic heterocycles. The highest BCUT2D eigenvalue weighted by Gasteiger charge is 2.34. The summed E-state index contributed by atoms with van der Waals surface area (Å²) in [5, 5.41) is 5.00. The van der Waals surface area contributed by atoms with Gasteiger partial charge in [0.05, 0.1) is 24.6 Å². The summed E-state index contributed by atoms with van der Waals surface area (Å²) in [7, 11) is 3.54. The van der Waals surface area contributed by atoms with E-state index in [2.05, 4.69) is 36.4 Å². The Kier molecular flexibility index (Phi) is 6.09. The second-order valence-electron chi connectivity index (χ2n) is 11.3. The molecule has 0 spiro atoms. The van der Waals surface area contributed by atoms with Gasteiger partial charge in [0.1, 0.15) is 0 Å². The number of carbonyl (C=O) groups is 1. The van der Waals surface area contributed by atoms with Crippen LogP contribution in [0.25, 0.3) is 16.9 Å². The Hall–Kier alpha value is -3.28. The van der Waals surface area contributed by atoms with Crippen molar-refractivity contribution in [3.05, 3.63) is 58.8 Å². The monoisotopic (exact) mass is 487 g/mol. The van der Waals surface area contributed by atoms with Gasteiger partial charge >= 0.3 is 0 Å². The molecule has 1 saturated carbocycles. The molecule has 0 unspecified atom stereocenters. The zero-order valence-electron chi connectivity index (χ0n) is 22.5. The van der Waals surface area contributed by atoms with Crippen LogP contribution in [0.2, 0.25) is 0 Å². The molecule has 2 aromatic carbocycles. The molecule has 3 aromatic rings. The molecule has 0 bridgehead atoms. The molecular formula is C30H37N3O3. The first-order valence-corrected chi connectivity index (χ1v) is 13.0. The van der Waals surface area contributed by atoms with Crippen LogP contribution in [0.1, 0.15) is 80.6 Å². The maximum Gasteiger partial charge on any atom is 0.274 e. The van der Waals surface area contributed by atoms with Crippen molar-refractivity contribution >= 4 is 5.91 Å². The van der Waals surface area contributed by atoms with Gasteiger partial charge in [-0.3, -0.25) is 4.79 Å². The minimum absolute atomic E-state index is 0.0118. The molecule has 0 radical (unpaired) electrons. The summed E-state index contributed by atoms with van der Waals surface area (Å²) in [6.07, 6.45) is 4.04. The number of hydrogen-bond acceptors (Lipinski definition) is 4. The van der Waals surface area contributed by atoms with Crippen LogP contribution < -0.4 is 9.47 Å². The van der Waals surface area contributed by atoms with E-state index in [0.29, 0.717) is 17.4 Å². The summed E-state index contributed by atoms with van der Waals surface area (Å²) >= 11 is 0. The fraction of sp³-hybridized carbons (Fsp3) is 0.467. The quantitative estimate of drug-likeness (QED) is 0.417. The Morgan fingerprint density at radius 1 is 1.11 bits per heavy atom. The lowest BCUT2D eigenvalue weighted by Gasteiger charge is -2.31. The van der Waals surface area contributed by atoms with Gasteiger partial charge in [-0.15, -0.1) is 0 Å². The third-order valence-corrected chi connectivity index (χ3v) is 7.31. The molecule has 36 heavy (non-hydrogen) atoms. The summed E-state index contributed by atoms with van der Waals surface area (Å²) in [5.74, 6) is 2.02. The van der Waals surface area contributed by atoms with Crippen molar-refractivity contribution < 1.29 is 14.3 Å². The van der Waals surface area contributed by atoms with E-state index in [0.717, 1.165) is 41.1 Å². The first-order valence-electron chi connectivity index (χ1n) is 13.0. The van der Waals surface area contributed by atoms with E-state index in [9.17, 15) is 4.79 Å². The van der Waals surface area contributed by atoms with Crippen molar-refractivity contribution in [2.24, 2.45) is 0 Å². The van der Waals surface area contributed by atoms with Crippen LogP contribution in [0.3, 0.4) is 0 Å². The Bertz CT molecular complexity index is 1310. The standard InChI is InChI=1S/C30H37N3O3/c1-18(2)36-26-17-24-21(16-25(26)35-7)13-14-23-27(29(34)32(6)30(3,4)5)31-33(28(23)24)22-10-8-9-20(15-22)19-11-12-19/h8-10,15-19H,11-14H2,1-7H3. The zero-order chi connectivity index (χ0) is 25.8. The minimum atomic E-state index is -0.308. The average molecular weight is 488 g/mol. The number of aromatic nitrogens is 2. The normalized spacial score (nSPS) is 14.9. The Morgan fingerprint density at radius 3 is 2.50 bits per heavy atom. The largest absolute Gasteiger partial charge is 0.493 e. The van der Waals surface area contributed by atoms with E-state index in [1.807, 2.05) is 46.3 Å². The number of aryl methyl sites for hydroxylation is 1. The van der Waals surface area contributed by atoms with Crippen LogP contribution >= 0.6 is 0 Å². The highest BCUT2D eigenvalue weighted by atomic mass is 16.5. The molecule has 1 amide bonds. The summed E-state index contributed by atoms with van der Waals surface area (Å²) < 4.78 is 13.8. The predicted molar refractivity (Wildman–Crippen MR) is 143 cm³/mol. The van der Waals surface area contributed by atoms with Gasteiger partial charge in [-0.25, -0.2) is 4.68 Å². The lowest BCUT2D eigenvalue weighted by molar-refractivity contribution is 0.0648. The summed E-state index contributed by atoms with van der Waals surface area (Å²) in [6, 6.07) is 12.8. The van der Waals surface area contributed by atoms with Crippen LogP contribution in [0.4, 0.5) is 0 Å². The molecule has 190 valence electrons. The summed E-state index contributed by atoms with van der Waals surface area (Å²) in [6.45, 7) is 10.2. The zero-order valence-corrected chi connectivity index (χ0v) is 22.5. The molecule has 0 N–H and O–H groups in total. The van der Waals surface area contributed by atoms with Gasteiger partial charge in [-0.2, -0.15) is 5.10 Å². The number of rotatable bonds is 6. The number of nitrogens with zero attached hydrogens (tertiary/aromatic N) is 3. The molecule has 0 aliphatic heterocycles. The molecule has 0 saturated heterocycles. The number of benzene rings is 2. The molecule has 0 atom stereocenters. The van der Waals surface area contributed by atoms with Crippen molar-refractivity contribution in [3.63, 3.8) is 0 Å². The third kappa shape index (κ3) is 4.38. The number of ether oxygens (including phenoxy) is 2. The van der Waals surface area contributed by atoms with E-state index in [1.54, 1.807) is 12.0 Å². The Morgan fingerprint density at radius 2 is 1.86 bits per heavy atom. The first-order chi connectivity index (χ1) is 17.1. The molecule has 6 heteroatoms. The average Bonchev–Trinajstić information content (AvgIpc) is 3.62. The molecule has 1 fully saturated rings. The van der Waals surface area contributed by atoms with Gasteiger partial charge in [-0.1, -0.05) is 12.1 Å². The number of hydrogen-bond donors (Lipinski definition) is 0. The second-order valence-corrected chi connectivity index (χ2v) is 11.3. The van der Waals surface area contributed by atoms with Crippen LogP contribution in [0, 0.1) is 0 Å². The molecule has 2 aliphatic carbocycles. The van der Waals surface area contributed by atoms with Crippen molar-refractivity contribution in [1.82, 2.24) is 14.7 Å². The second kappa shape index (κ2) is 8.99. The lowest BCUT2D eigenvalue weighted by atomic mass is 9.88. The van der Waals surface area contributed by atoms with Crippen molar-refractivity contribution in [2.75, 3.05) is 14.2 Å². The first kappa shape index (κ1) is 24.4. The predicted octanol–water partition coefficient (Wildman–Crippen LogP) is 6.18. The molecular weight excluding hydrogens is 450 g/mol. The number of methoxy groups -OCH3 is 1. The van der Waals surface area contributed by atoms with Gasteiger partial charge in [0.25, 0.3) is 5.91 Å². The summed E-state index contributed by atoms with van der Waals surface area (Å²) in [5.41, 5.74) is 6.76. The van der Waals surface area contributed by atoms with Crippen LogP contribution in [-0.2, 0) is 12.8 Å². The maximum atomic E-state index is 13.7. The van der Waals surface area contributed by atoms with E-state index >= 15 is 0 Å². The number of carbonyl (C=O) groups excluding carboxylic acids is 1. The summed E-state index contributed by atoms with van der Waals surface area (Å²) in [4.78, 5) is 15.5. The molecule has 5 rings (SSSR count). The SMILES string of the molecule is COc1cc2c(cc1OC(C)C)-c1c(c(C(=O)N(C)C(C)(C)C)nn1-c1cccc(C3CC3)c1)CC2. The van der Waals surface area contributed by atoms with Gasteiger partial charge in [0.15, 0.2) is 17.2 Å². The van der Waals surface area contributed by atoms with Gasteiger partial charge in [0, 0.05) is 23.7 Å². The van der Waals surface area contributed by atoms with E-state index in [1.165, 1.54) is 24.0 Å². The third-order valence-electron chi connectivity index (χ3n) is 7.31. The Balaban J connectivity index is 1.73. The number of fused-ring (bicyclic) bond motifs is 3. The molecule has 6 nitrogen and oxygen atoms in total. The van der Waals surface area contributed by atoms with Gasteiger partial charge in [-0.05, 0) is 102 Å². The fourth-order valence-electron chi connectivity index (χ4n) is 4.91. The minimum Gasteiger partial charge on any atom is -0.493 e. The maximum absolute atomic E-state index is 13.7. The van der Waals surface area contributed by atoms with Crippen LogP contribution in [-0.4, -0.2) is 46.4 Å². The van der Waals surface area contributed by atoms with Crippen LogP contribution in [0.15, 0.2) is 36.4 Å². The highest BCUT2D eigenvalue weighted by molar-refractivity contribution is 5.97. The van der Waals surface area contributed by atoms with E-state index in [-0.39, 0.29) is 17.6 Å². The Labute approximate surface area is 214 Å². The fourth-order valence-corrected chi connectivity index (χ4v) is 4.91. The van der Waals surface area contributed by atoms with E-state index < -0.39 is 0 Å². The van der Waals surface area contributed by atoms with Gasteiger partial charge in [0.2, 0.25) is 0 Å². The highest BCUT2D eigenvalue weighted by Crippen LogP contribution is 2.44.